The number of methoxy groups -OCH3 is 1. The van der Waals surface area contributed by atoms with E-state index in [4.69, 9.17) is 16.3 Å². The van der Waals surface area contributed by atoms with Crippen LogP contribution in [0.1, 0.15) is 76.7 Å². The van der Waals surface area contributed by atoms with Gasteiger partial charge in [0.2, 0.25) is 5.91 Å². The van der Waals surface area contributed by atoms with Gasteiger partial charge in [-0.3, -0.25) is 4.79 Å². The van der Waals surface area contributed by atoms with E-state index < -0.39 is 11.6 Å². The highest BCUT2D eigenvalue weighted by Gasteiger charge is 2.43. The largest absolute Gasteiger partial charge is 0.453 e. The van der Waals surface area contributed by atoms with Crippen LogP contribution in [-0.4, -0.2) is 69.3 Å². The van der Waals surface area contributed by atoms with Gasteiger partial charge in [-0.2, -0.15) is 0 Å². The molecule has 4 amide bonds. The summed E-state index contributed by atoms with van der Waals surface area (Å²) in [5.74, 6) is 0.480. The van der Waals surface area contributed by atoms with Gasteiger partial charge in [-0.15, -0.1) is 0 Å². The zero-order valence-corrected chi connectivity index (χ0v) is 25.2. The molecule has 0 radical (unpaired) electrons. The highest BCUT2D eigenvalue weighted by atomic mass is 35.5. The first-order valence-corrected chi connectivity index (χ1v) is 15.2. The topological polar surface area (TPSA) is 112 Å². The normalized spacial score (nSPS) is 20.2. The van der Waals surface area contributed by atoms with Gasteiger partial charge in [0.15, 0.2) is 0 Å². The van der Waals surface area contributed by atoms with Crippen LogP contribution in [0, 0.1) is 11.8 Å². The maximum absolute atomic E-state index is 13.6. The molecule has 1 aliphatic carbocycles. The van der Waals surface area contributed by atoms with Gasteiger partial charge < -0.3 is 30.9 Å². The number of nitrogens with one attached hydrogen (secondary N) is 4. The Bertz CT molecular complexity index is 973. The number of halogens is 1. The van der Waals surface area contributed by atoms with E-state index in [0.29, 0.717) is 43.4 Å². The molecule has 1 aromatic rings. The van der Waals surface area contributed by atoms with Crippen molar-refractivity contribution in [2.24, 2.45) is 11.8 Å². The number of benzene rings is 1. The number of piperidine rings is 1. The Kier molecular flexibility index (Phi) is 12.8. The Balaban J connectivity index is 1.79. The summed E-state index contributed by atoms with van der Waals surface area (Å²) in [6.45, 7) is 3.85. The van der Waals surface area contributed by atoms with Crippen LogP contribution in [0.2, 0.25) is 5.02 Å². The molecule has 40 heavy (non-hydrogen) atoms. The van der Waals surface area contributed by atoms with Gasteiger partial charge in [-0.05, 0) is 62.8 Å². The van der Waals surface area contributed by atoms with Crippen molar-refractivity contribution in [3.8, 4) is 0 Å². The summed E-state index contributed by atoms with van der Waals surface area (Å²) in [4.78, 5) is 39.8. The minimum Gasteiger partial charge on any atom is -0.453 e. The van der Waals surface area contributed by atoms with Gasteiger partial charge in [-0.25, -0.2) is 9.59 Å². The van der Waals surface area contributed by atoms with Crippen LogP contribution >= 0.6 is 11.6 Å². The standard InChI is InChI=1S/C30H48ClN5O4/c1-22(37)35-30(15-9-16-33-29(39)40-3,24-12-7-14-26(31)19-24)25-13-8-17-36(21-25)28(38)34-27(20-32-2)18-23-10-5-4-6-11-23/h7,12,14,19,23,25,27,32H,4-6,8-11,13,15-18,20-21H2,1-3H3,(H,33,39)(H,34,38)(H,35,37)/t25-,27+,30+/m1/s1. The molecule has 10 heteroatoms. The summed E-state index contributed by atoms with van der Waals surface area (Å²) in [6.07, 6.45) is 9.73. The molecule has 1 saturated heterocycles. The number of alkyl carbamates (subject to hydrolysis) is 1. The number of nitrogens with zero attached hydrogens (tertiary/aromatic N) is 1. The summed E-state index contributed by atoms with van der Waals surface area (Å²) in [6, 6.07) is 7.63. The van der Waals surface area contributed by atoms with E-state index >= 15 is 0 Å². The molecule has 0 spiro atoms. The molecule has 0 unspecified atom stereocenters. The van der Waals surface area contributed by atoms with E-state index in [1.54, 1.807) is 0 Å². The summed E-state index contributed by atoms with van der Waals surface area (Å²) in [5.41, 5.74) is 0.158. The van der Waals surface area contributed by atoms with Crippen LogP contribution in [-0.2, 0) is 15.1 Å². The number of hydrogen-bond acceptors (Lipinski definition) is 5. The van der Waals surface area contributed by atoms with Crippen molar-refractivity contribution < 1.29 is 19.1 Å². The van der Waals surface area contributed by atoms with Gasteiger partial charge in [0.05, 0.1) is 12.6 Å². The number of amides is 4. The summed E-state index contributed by atoms with van der Waals surface area (Å²) < 4.78 is 4.71. The lowest BCUT2D eigenvalue weighted by molar-refractivity contribution is -0.122. The van der Waals surface area contributed by atoms with Gasteiger partial charge in [0.25, 0.3) is 0 Å². The number of ether oxygens (including phenoxy) is 1. The monoisotopic (exact) mass is 577 g/mol. The Labute approximate surface area is 244 Å². The first kappa shape index (κ1) is 32.0. The number of rotatable bonds is 12. The molecule has 9 nitrogen and oxygen atoms in total. The minimum absolute atomic E-state index is 0.0337. The molecule has 1 heterocycles. The summed E-state index contributed by atoms with van der Waals surface area (Å²) >= 11 is 6.43. The minimum atomic E-state index is -0.750. The molecule has 0 bridgehead atoms. The molecule has 224 valence electrons. The van der Waals surface area contributed by atoms with Gasteiger partial charge in [-0.1, -0.05) is 55.8 Å². The molecular formula is C30H48ClN5O4. The molecular weight excluding hydrogens is 530 g/mol. The van der Waals surface area contributed by atoms with Gasteiger partial charge in [0.1, 0.15) is 0 Å². The van der Waals surface area contributed by atoms with Crippen molar-refractivity contribution in [2.75, 3.05) is 40.3 Å². The van der Waals surface area contributed by atoms with Crippen LogP contribution < -0.4 is 21.3 Å². The van der Waals surface area contributed by atoms with Crippen molar-refractivity contribution in [3.05, 3.63) is 34.9 Å². The van der Waals surface area contributed by atoms with Crippen molar-refractivity contribution in [1.82, 2.24) is 26.2 Å². The molecule has 2 fully saturated rings. The highest BCUT2D eigenvalue weighted by Crippen LogP contribution is 2.40. The van der Waals surface area contributed by atoms with E-state index in [1.165, 1.54) is 46.1 Å². The smallest absolute Gasteiger partial charge is 0.406 e. The van der Waals surface area contributed by atoms with E-state index in [9.17, 15) is 14.4 Å². The fourth-order valence-corrected chi connectivity index (χ4v) is 6.82. The third-order valence-electron chi connectivity index (χ3n) is 8.47. The number of carbonyl (C=O) groups is 3. The predicted octanol–water partition coefficient (Wildman–Crippen LogP) is 4.79. The van der Waals surface area contributed by atoms with Crippen molar-refractivity contribution in [2.45, 2.75) is 82.7 Å². The van der Waals surface area contributed by atoms with Crippen molar-refractivity contribution in [3.63, 3.8) is 0 Å². The van der Waals surface area contributed by atoms with Crippen LogP contribution in [0.25, 0.3) is 0 Å². The third-order valence-corrected chi connectivity index (χ3v) is 8.70. The molecule has 3 rings (SSSR count). The van der Waals surface area contributed by atoms with Crippen molar-refractivity contribution >= 4 is 29.6 Å². The van der Waals surface area contributed by atoms with E-state index in [1.807, 2.05) is 36.2 Å². The average Bonchev–Trinajstić information content (AvgIpc) is 2.95. The molecule has 0 aromatic heterocycles. The Hall–Kier alpha value is -2.52. The SMILES string of the molecule is CNC[C@H](CC1CCCCC1)NC(=O)N1CCC[C@@H]([C@@](CCCNC(=O)OC)(NC(C)=O)c2cccc(Cl)c2)C1. The number of hydrogen-bond donors (Lipinski definition) is 4. The quantitative estimate of drug-likeness (QED) is 0.267. The lowest BCUT2D eigenvalue weighted by Gasteiger charge is -2.46. The molecule has 1 aromatic carbocycles. The third kappa shape index (κ3) is 9.26. The Morgan fingerprint density at radius 2 is 1.93 bits per heavy atom. The first-order chi connectivity index (χ1) is 19.3. The number of urea groups is 1. The zero-order valence-electron chi connectivity index (χ0n) is 24.4. The second-order valence-corrected chi connectivity index (χ2v) is 11.9. The molecule has 1 aliphatic heterocycles. The lowest BCUT2D eigenvalue weighted by Crippen LogP contribution is -2.58. The van der Waals surface area contributed by atoms with Crippen LogP contribution in [0.4, 0.5) is 9.59 Å². The lowest BCUT2D eigenvalue weighted by atomic mass is 9.71. The molecule has 3 atom stereocenters. The Morgan fingerprint density at radius 3 is 2.60 bits per heavy atom. The van der Waals surface area contributed by atoms with Crippen molar-refractivity contribution in [1.29, 1.82) is 0 Å². The van der Waals surface area contributed by atoms with Gasteiger partial charge >= 0.3 is 12.1 Å². The predicted molar refractivity (Wildman–Crippen MR) is 158 cm³/mol. The van der Waals surface area contributed by atoms with Crippen LogP contribution in [0.15, 0.2) is 24.3 Å². The van der Waals surface area contributed by atoms with E-state index in [-0.39, 0.29) is 23.9 Å². The number of likely N-dealkylation sites (tertiary alicyclic amines) is 1. The second-order valence-electron chi connectivity index (χ2n) is 11.4. The van der Waals surface area contributed by atoms with Crippen LogP contribution in [0.5, 0.6) is 0 Å². The fraction of sp³-hybridized carbons (Fsp3) is 0.700. The maximum atomic E-state index is 13.6. The van der Waals surface area contributed by atoms with E-state index in [2.05, 4.69) is 21.3 Å². The first-order valence-electron chi connectivity index (χ1n) is 14.8. The van der Waals surface area contributed by atoms with Gasteiger partial charge in [0, 0.05) is 50.1 Å². The number of carbonyl (C=O) groups excluding carboxylic acids is 3. The van der Waals surface area contributed by atoms with E-state index in [0.717, 1.165) is 31.4 Å². The second kappa shape index (κ2) is 16.1. The van der Waals surface area contributed by atoms with Crippen LogP contribution in [0.3, 0.4) is 0 Å². The number of likely N-dealkylation sites (N-methyl/N-ethyl adjacent to an activating group) is 1. The maximum Gasteiger partial charge on any atom is 0.406 e. The summed E-state index contributed by atoms with van der Waals surface area (Å²) in [5, 5.41) is 13.2. The molecule has 2 aliphatic rings. The average molecular weight is 578 g/mol. The fourth-order valence-electron chi connectivity index (χ4n) is 6.63. The molecule has 4 N–H and O–H groups in total. The zero-order chi connectivity index (χ0) is 29.0. The molecule has 1 saturated carbocycles. The highest BCUT2D eigenvalue weighted by molar-refractivity contribution is 6.30. The summed E-state index contributed by atoms with van der Waals surface area (Å²) in [7, 11) is 3.26. The Morgan fingerprint density at radius 1 is 1.15 bits per heavy atom.